The van der Waals surface area contributed by atoms with Crippen LogP contribution in [0.2, 0.25) is 0 Å². The molecule has 1 saturated carbocycles. The van der Waals surface area contributed by atoms with E-state index in [1.165, 1.54) is 5.57 Å². The molecule has 1 fully saturated rings. The minimum absolute atomic E-state index is 0.0209. The Balaban J connectivity index is 3.14. The van der Waals surface area contributed by atoms with Gasteiger partial charge in [-0.1, -0.05) is 39.3 Å². The van der Waals surface area contributed by atoms with Crippen LogP contribution in [0.1, 0.15) is 74.1 Å². The normalized spacial score (nSPS) is 17.6. The highest BCUT2D eigenvalue weighted by molar-refractivity contribution is 6.06. The highest BCUT2D eigenvalue weighted by Gasteiger charge is 2.30. The summed E-state index contributed by atoms with van der Waals surface area (Å²) >= 11 is 0. The van der Waals surface area contributed by atoms with Crippen LogP contribution in [0.4, 0.5) is 0 Å². The molecule has 27 heavy (non-hydrogen) atoms. The maximum absolute atomic E-state index is 12.3. The number of hydrogen-bond acceptors (Lipinski definition) is 3. The zero-order valence-corrected chi connectivity index (χ0v) is 18.3. The summed E-state index contributed by atoms with van der Waals surface area (Å²) in [6, 6.07) is -0.0234. The van der Waals surface area contributed by atoms with Gasteiger partial charge in [0.05, 0.1) is 6.04 Å². The minimum Gasteiger partial charge on any atom is -0.319 e. The van der Waals surface area contributed by atoms with E-state index in [1.54, 1.807) is 18.0 Å². The van der Waals surface area contributed by atoms with Crippen LogP contribution < -0.4 is 5.32 Å². The molecule has 1 rings (SSSR count). The van der Waals surface area contributed by atoms with Gasteiger partial charge in [-0.3, -0.25) is 14.6 Å². The van der Waals surface area contributed by atoms with E-state index in [1.807, 2.05) is 13.8 Å². The van der Waals surface area contributed by atoms with Crippen LogP contribution in [0.3, 0.4) is 0 Å². The summed E-state index contributed by atoms with van der Waals surface area (Å²) in [6.07, 6.45) is 7.38. The molecule has 5 nitrogen and oxygen atoms in total. The van der Waals surface area contributed by atoms with Crippen molar-refractivity contribution in [2.45, 2.75) is 80.2 Å². The molecule has 0 saturated heterocycles. The summed E-state index contributed by atoms with van der Waals surface area (Å²) in [5.74, 6) is 0.687. The van der Waals surface area contributed by atoms with Crippen molar-refractivity contribution in [3.63, 3.8) is 0 Å². The first-order chi connectivity index (χ1) is 12.5. The first-order valence-corrected chi connectivity index (χ1v) is 10.0. The first-order valence-electron chi connectivity index (χ1n) is 10.0. The third-order valence-corrected chi connectivity index (χ3v) is 5.34. The number of amides is 2. The van der Waals surface area contributed by atoms with Gasteiger partial charge in [-0.25, -0.2) is 0 Å². The Bertz CT molecular complexity index is 640. The standard InChI is InChI=1S/C22H37N3O2/c1-9-15(3)14-22(6,7)17(5)23-19(24-21(27)18-11-12-18)13-16(4)25(8)20(26)10-2/h13-14,17-18H,9-12H2,1-8H3,(H,23,24,27)/b15-14-,16-13+/t17-/m0/s1. The molecular formula is C22H37N3O2. The number of hydrogen-bond donors (Lipinski definition) is 1. The molecule has 0 aromatic carbocycles. The molecule has 1 N–H and O–H groups in total. The number of allylic oxidation sites excluding steroid dienone is 2. The number of carbonyl (C=O) groups excluding carboxylic acids is 2. The molecule has 152 valence electrons. The Hall–Kier alpha value is -1.91. The van der Waals surface area contributed by atoms with Crippen LogP contribution in [-0.2, 0) is 9.59 Å². The van der Waals surface area contributed by atoms with Gasteiger partial charge in [0.15, 0.2) is 0 Å². The molecule has 0 spiro atoms. The highest BCUT2D eigenvalue weighted by Crippen LogP contribution is 2.29. The molecule has 1 atom stereocenters. The number of nitrogens with zero attached hydrogens (tertiary/aromatic N) is 2. The predicted molar refractivity (Wildman–Crippen MR) is 112 cm³/mol. The van der Waals surface area contributed by atoms with Crippen LogP contribution in [-0.4, -0.2) is 35.6 Å². The fraction of sp³-hybridized carbons (Fsp3) is 0.682. The molecule has 0 aromatic rings. The van der Waals surface area contributed by atoms with Gasteiger partial charge in [0, 0.05) is 30.5 Å². The third kappa shape index (κ3) is 7.31. The lowest BCUT2D eigenvalue weighted by Crippen LogP contribution is -2.35. The minimum atomic E-state index is -0.136. The maximum atomic E-state index is 12.3. The van der Waals surface area contributed by atoms with Crippen LogP contribution in [0.5, 0.6) is 0 Å². The maximum Gasteiger partial charge on any atom is 0.228 e. The first kappa shape index (κ1) is 23.1. The Morgan fingerprint density at radius 2 is 1.81 bits per heavy atom. The van der Waals surface area contributed by atoms with Gasteiger partial charge in [-0.2, -0.15) is 0 Å². The predicted octanol–water partition coefficient (Wildman–Crippen LogP) is 4.45. The number of carbonyl (C=O) groups is 2. The van der Waals surface area contributed by atoms with Crippen LogP contribution >= 0.6 is 0 Å². The molecule has 0 heterocycles. The van der Waals surface area contributed by atoms with Gasteiger partial charge < -0.3 is 10.2 Å². The summed E-state index contributed by atoms with van der Waals surface area (Å²) in [6.45, 7) is 14.3. The third-order valence-electron chi connectivity index (χ3n) is 5.34. The number of amidine groups is 1. The summed E-state index contributed by atoms with van der Waals surface area (Å²) < 4.78 is 0. The Morgan fingerprint density at radius 1 is 1.22 bits per heavy atom. The van der Waals surface area contributed by atoms with Crippen molar-refractivity contribution in [3.05, 3.63) is 23.4 Å². The average Bonchev–Trinajstić information content (AvgIpc) is 3.44. The van der Waals surface area contributed by atoms with Gasteiger partial charge in [0.2, 0.25) is 11.8 Å². The molecule has 0 aliphatic heterocycles. The van der Waals surface area contributed by atoms with Crippen molar-refractivity contribution in [3.8, 4) is 0 Å². The number of rotatable bonds is 8. The van der Waals surface area contributed by atoms with Crippen LogP contribution in [0, 0.1) is 11.3 Å². The zero-order valence-electron chi connectivity index (χ0n) is 18.3. The molecule has 0 aromatic heterocycles. The number of aliphatic imine (C=N–C) groups is 1. The van der Waals surface area contributed by atoms with E-state index in [2.05, 4.69) is 46.0 Å². The summed E-state index contributed by atoms with van der Waals surface area (Å²) in [5.41, 5.74) is 1.95. The summed E-state index contributed by atoms with van der Waals surface area (Å²) in [5, 5.41) is 2.97. The lowest BCUT2D eigenvalue weighted by atomic mass is 9.83. The molecular weight excluding hydrogens is 338 g/mol. The van der Waals surface area contributed by atoms with E-state index in [-0.39, 0.29) is 29.2 Å². The second-order valence-corrected chi connectivity index (χ2v) is 8.21. The van der Waals surface area contributed by atoms with Crippen molar-refractivity contribution in [2.24, 2.45) is 16.3 Å². The van der Waals surface area contributed by atoms with E-state index < -0.39 is 0 Å². The molecule has 1 aliphatic carbocycles. The lowest BCUT2D eigenvalue weighted by Gasteiger charge is -2.27. The monoisotopic (exact) mass is 375 g/mol. The van der Waals surface area contributed by atoms with E-state index in [4.69, 9.17) is 4.99 Å². The summed E-state index contributed by atoms with van der Waals surface area (Å²) in [7, 11) is 1.75. The molecule has 0 bridgehead atoms. The fourth-order valence-corrected chi connectivity index (χ4v) is 2.64. The lowest BCUT2D eigenvalue weighted by molar-refractivity contribution is -0.127. The Morgan fingerprint density at radius 3 is 2.30 bits per heavy atom. The van der Waals surface area contributed by atoms with Crippen molar-refractivity contribution in [1.29, 1.82) is 0 Å². The van der Waals surface area contributed by atoms with Gasteiger partial charge in [-0.05, 0) is 46.1 Å². The van der Waals surface area contributed by atoms with Gasteiger partial charge >= 0.3 is 0 Å². The van der Waals surface area contributed by atoms with E-state index in [0.29, 0.717) is 12.3 Å². The second-order valence-electron chi connectivity index (χ2n) is 8.21. The van der Waals surface area contributed by atoms with Crippen LogP contribution in [0.15, 0.2) is 28.4 Å². The Labute approximate surface area is 165 Å². The van der Waals surface area contributed by atoms with Crippen LogP contribution in [0.25, 0.3) is 0 Å². The molecule has 0 unspecified atom stereocenters. The zero-order chi connectivity index (χ0) is 20.8. The quantitative estimate of drug-likeness (QED) is 0.387. The molecule has 2 amide bonds. The molecule has 1 aliphatic rings. The SMILES string of the molecule is CCC(=O)N(C)/C(C)=C/C(=N[C@@H](C)C(C)(C)/C=C(/C)CC)NC(=O)C1CC1. The van der Waals surface area contributed by atoms with Gasteiger partial charge in [-0.15, -0.1) is 0 Å². The van der Waals surface area contributed by atoms with Crippen molar-refractivity contribution < 1.29 is 9.59 Å². The smallest absolute Gasteiger partial charge is 0.228 e. The Kier molecular flexibility index (Phi) is 8.45. The van der Waals surface area contributed by atoms with Crippen molar-refractivity contribution >= 4 is 17.6 Å². The largest absolute Gasteiger partial charge is 0.319 e. The number of nitrogens with one attached hydrogen (secondary N) is 1. The van der Waals surface area contributed by atoms with Crippen molar-refractivity contribution in [2.75, 3.05) is 7.05 Å². The van der Waals surface area contributed by atoms with E-state index in [0.717, 1.165) is 25.0 Å². The molecule has 0 radical (unpaired) electrons. The van der Waals surface area contributed by atoms with Gasteiger partial charge in [0.25, 0.3) is 0 Å². The average molecular weight is 376 g/mol. The second kappa shape index (κ2) is 9.86. The highest BCUT2D eigenvalue weighted by atomic mass is 16.2. The van der Waals surface area contributed by atoms with Crippen molar-refractivity contribution in [1.82, 2.24) is 10.2 Å². The van der Waals surface area contributed by atoms with Gasteiger partial charge in [0.1, 0.15) is 5.84 Å². The molecule has 5 heteroatoms. The fourth-order valence-electron chi connectivity index (χ4n) is 2.64. The summed E-state index contributed by atoms with van der Waals surface area (Å²) in [4.78, 5) is 30.7. The van der Waals surface area contributed by atoms with E-state index >= 15 is 0 Å². The topological polar surface area (TPSA) is 61.8 Å². The van der Waals surface area contributed by atoms with E-state index in [9.17, 15) is 9.59 Å².